The van der Waals surface area contributed by atoms with E-state index in [9.17, 15) is 9.90 Å². The molecule has 0 aromatic carbocycles. The van der Waals surface area contributed by atoms with Crippen molar-refractivity contribution < 1.29 is 9.90 Å². The quantitative estimate of drug-likeness (QED) is 0.603. The first-order valence-electron chi connectivity index (χ1n) is 3.77. The minimum absolute atomic E-state index is 0.192. The summed E-state index contributed by atoms with van der Waals surface area (Å²) in [6, 6.07) is 0. The van der Waals surface area contributed by atoms with E-state index in [4.69, 9.17) is 0 Å². The predicted molar refractivity (Wildman–Crippen MR) is 47.8 cm³/mol. The average molecular weight is 164 g/mol. The third-order valence-corrected chi connectivity index (χ3v) is 2.19. The van der Waals surface area contributed by atoms with Crippen molar-refractivity contribution in [2.75, 3.05) is 0 Å². The molecule has 1 N–H and O–H groups in total. The van der Waals surface area contributed by atoms with Gasteiger partial charge in [0, 0.05) is 5.41 Å². The summed E-state index contributed by atoms with van der Waals surface area (Å²) in [6.07, 6.45) is 4.65. The molecule has 0 radical (unpaired) electrons. The van der Waals surface area contributed by atoms with E-state index in [0.29, 0.717) is 0 Å². The maximum atomic E-state index is 10.9. The van der Waals surface area contributed by atoms with Gasteiger partial charge in [-0.25, -0.2) is 0 Å². The molecule has 0 fully saturated rings. The number of carbonyl (C=O) groups excluding carboxylic acids is 1. The number of hydrogen-bond donors (Lipinski definition) is 1. The molecular weight excluding hydrogens is 152 g/mol. The molecule has 0 aromatic heterocycles. The van der Waals surface area contributed by atoms with Crippen LogP contribution in [0.15, 0.2) is 36.1 Å². The van der Waals surface area contributed by atoms with Crippen molar-refractivity contribution in [3.8, 4) is 0 Å². The van der Waals surface area contributed by atoms with E-state index >= 15 is 0 Å². The van der Waals surface area contributed by atoms with E-state index in [-0.39, 0.29) is 17.0 Å². The zero-order chi connectivity index (χ0) is 9.35. The van der Waals surface area contributed by atoms with Crippen LogP contribution in [0, 0.1) is 5.41 Å². The molecule has 1 aliphatic rings. The molecule has 0 saturated heterocycles. The summed E-state index contributed by atoms with van der Waals surface area (Å²) in [7, 11) is 0. The Hall–Kier alpha value is -1.31. The van der Waals surface area contributed by atoms with Gasteiger partial charge in [0.2, 0.25) is 5.78 Å². The minimum atomic E-state index is -0.377. The Labute approximate surface area is 71.9 Å². The molecule has 1 atom stereocenters. The fourth-order valence-electron chi connectivity index (χ4n) is 1.00. The van der Waals surface area contributed by atoms with E-state index in [0.717, 1.165) is 5.57 Å². The fraction of sp³-hybridized carbons (Fsp3) is 0.300. The monoisotopic (exact) mass is 164 g/mol. The molecule has 1 rings (SSSR count). The molecule has 2 nitrogen and oxygen atoms in total. The van der Waals surface area contributed by atoms with Gasteiger partial charge in [0.25, 0.3) is 0 Å². The number of allylic oxidation sites excluding steroid dienone is 4. The number of aliphatic hydroxyl groups is 1. The van der Waals surface area contributed by atoms with Crippen LogP contribution in [0.2, 0.25) is 0 Å². The molecule has 2 heteroatoms. The van der Waals surface area contributed by atoms with Crippen molar-refractivity contribution in [1.82, 2.24) is 0 Å². The van der Waals surface area contributed by atoms with Crippen molar-refractivity contribution in [3.63, 3.8) is 0 Å². The standard InChI is InChI=1S/C10H12O2/c1-7(2)10(3)5-4-8(11)9(12)6-10/h4-6,12H,1H2,2-3H3. The van der Waals surface area contributed by atoms with Crippen LogP contribution in [0.25, 0.3) is 0 Å². The molecule has 0 saturated carbocycles. The summed E-state index contributed by atoms with van der Waals surface area (Å²) < 4.78 is 0. The first kappa shape index (κ1) is 8.78. The van der Waals surface area contributed by atoms with Crippen molar-refractivity contribution >= 4 is 5.78 Å². The average Bonchev–Trinajstić information content (AvgIpc) is 1.97. The summed E-state index contributed by atoms with van der Waals surface area (Å²) in [6.45, 7) is 7.55. The SMILES string of the molecule is C=C(C)C1(C)C=CC(=O)C(O)=C1. The maximum absolute atomic E-state index is 10.9. The Bertz CT molecular complexity index is 297. The second-order valence-electron chi connectivity index (χ2n) is 3.29. The van der Waals surface area contributed by atoms with Crippen LogP contribution >= 0.6 is 0 Å². The van der Waals surface area contributed by atoms with Crippen molar-refractivity contribution in [1.29, 1.82) is 0 Å². The van der Waals surface area contributed by atoms with Gasteiger partial charge in [0.1, 0.15) is 0 Å². The molecule has 0 heterocycles. The summed E-state index contributed by atoms with van der Waals surface area (Å²) >= 11 is 0. The van der Waals surface area contributed by atoms with Crippen LogP contribution in [-0.4, -0.2) is 10.9 Å². The van der Waals surface area contributed by atoms with Gasteiger partial charge < -0.3 is 5.11 Å². The normalized spacial score (nSPS) is 28.5. The van der Waals surface area contributed by atoms with Gasteiger partial charge in [0.05, 0.1) is 0 Å². The van der Waals surface area contributed by atoms with Gasteiger partial charge in [-0.1, -0.05) is 18.2 Å². The lowest BCUT2D eigenvalue weighted by atomic mass is 9.80. The van der Waals surface area contributed by atoms with Gasteiger partial charge in [-0.3, -0.25) is 4.79 Å². The highest BCUT2D eigenvalue weighted by molar-refractivity contribution is 6.03. The zero-order valence-electron chi connectivity index (χ0n) is 7.29. The topological polar surface area (TPSA) is 37.3 Å². The molecule has 0 bridgehead atoms. The van der Waals surface area contributed by atoms with E-state index < -0.39 is 0 Å². The van der Waals surface area contributed by atoms with E-state index in [1.54, 1.807) is 6.08 Å². The first-order valence-corrected chi connectivity index (χ1v) is 3.77. The van der Waals surface area contributed by atoms with Gasteiger partial charge in [-0.15, -0.1) is 0 Å². The summed E-state index contributed by atoms with van der Waals surface area (Å²) in [5, 5.41) is 9.18. The van der Waals surface area contributed by atoms with Crippen LogP contribution in [0.1, 0.15) is 13.8 Å². The number of aliphatic hydroxyl groups excluding tert-OH is 1. The molecule has 0 amide bonds. The molecule has 0 aliphatic heterocycles. The van der Waals surface area contributed by atoms with Crippen molar-refractivity contribution in [3.05, 3.63) is 36.1 Å². The lowest BCUT2D eigenvalue weighted by molar-refractivity contribution is -0.113. The summed E-state index contributed by atoms with van der Waals surface area (Å²) in [4.78, 5) is 10.9. The van der Waals surface area contributed by atoms with E-state index in [1.807, 2.05) is 13.8 Å². The third-order valence-electron chi connectivity index (χ3n) is 2.19. The summed E-state index contributed by atoms with van der Waals surface area (Å²) in [5.41, 5.74) is 0.524. The zero-order valence-corrected chi connectivity index (χ0v) is 7.29. The van der Waals surface area contributed by atoms with Gasteiger partial charge in [0.15, 0.2) is 5.76 Å². The fourth-order valence-corrected chi connectivity index (χ4v) is 1.00. The van der Waals surface area contributed by atoms with Crippen LogP contribution in [0.5, 0.6) is 0 Å². The second-order valence-corrected chi connectivity index (χ2v) is 3.29. The largest absolute Gasteiger partial charge is 0.504 e. The molecule has 1 unspecified atom stereocenters. The highest BCUT2D eigenvalue weighted by Gasteiger charge is 2.25. The molecule has 1 aliphatic carbocycles. The van der Waals surface area contributed by atoms with Gasteiger partial charge >= 0.3 is 0 Å². The van der Waals surface area contributed by atoms with Gasteiger partial charge in [-0.2, -0.15) is 0 Å². The number of ketones is 1. The smallest absolute Gasteiger partial charge is 0.219 e. The molecule has 12 heavy (non-hydrogen) atoms. The highest BCUT2D eigenvalue weighted by atomic mass is 16.3. The molecular formula is C10H12O2. The molecule has 64 valence electrons. The maximum Gasteiger partial charge on any atom is 0.219 e. The molecule has 0 aromatic rings. The molecule has 0 spiro atoms. The minimum Gasteiger partial charge on any atom is -0.504 e. The van der Waals surface area contributed by atoms with Crippen molar-refractivity contribution in [2.45, 2.75) is 13.8 Å². The van der Waals surface area contributed by atoms with Crippen molar-refractivity contribution in [2.24, 2.45) is 5.41 Å². The number of carbonyl (C=O) groups is 1. The Morgan fingerprint density at radius 1 is 1.67 bits per heavy atom. The van der Waals surface area contributed by atoms with E-state index in [2.05, 4.69) is 6.58 Å². The van der Waals surface area contributed by atoms with Gasteiger partial charge in [-0.05, 0) is 26.0 Å². The van der Waals surface area contributed by atoms with Crippen LogP contribution < -0.4 is 0 Å². The highest BCUT2D eigenvalue weighted by Crippen LogP contribution is 2.32. The Morgan fingerprint density at radius 3 is 2.67 bits per heavy atom. The number of hydrogen-bond acceptors (Lipinski definition) is 2. The lowest BCUT2D eigenvalue weighted by Crippen LogP contribution is -2.18. The third kappa shape index (κ3) is 1.33. The second kappa shape index (κ2) is 2.63. The Balaban J connectivity index is 3.07. The van der Waals surface area contributed by atoms with Crippen LogP contribution in [0.3, 0.4) is 0 Å². The predicted octanol–water partition coefficient (Wildman–Crippen LogP) is 2.15. The lowest BCUT2D eigenvalue weighted by Gasteiger charge is -2.24. The Morgan fingerprint density at radius 2 is 2.25 bits per heavy atom. The first-order chi connectivity index (χ1) is 5.46. The van der Waals surface area contributed by atoms with Crippen LogP contribution in [-0.2, 0) is 4.79 Å². The van der Waals surface area contributed by atoms with E-state index in [1.165, 1.54) is 12.2 Å². The Kier molecular flexibility index (Phi) is 1.92. The summed E-state index contributed by atoms with van der Waals surface area (Å²) in [5.74, 6) is -0.531. The van der Waals surface area contributed by atoms with Crippen LogP contribution in [0.4, 0.5) is 0 Å². The number of rotatable bonds is 1.